The van der Waals surface area contributed by atoms with E-state index in [4.69, 9.17) is 4.74 Å². The molecule has 0 radical (unpaired) electrons. The number of benzene rings is 1. The highest BCUT2D eigenvalue weighted by Gasteiger charge is 2.15. The number of carboxylic acid groups (broad SMARTS) is 1. The summed E-state index contributed by atoms with van der Waals surface area (Å²) in [7, 11) is 1.58. The number of nitrogens with zero attached hydrogens (tertiary/aromatic N) is 1. The largest absolute Gasteiger partial charge is 0.478 e. The maximum Gasteiger partial charge on any atom is 0.337 e. The predicted molar refractivity (Wildman–Crippen MR) is 76.9 cm³/mol. The number of fused-ring (bicyclic) bond motifs is 1. The Morgan fingerprint density at radius 3 is 2.76 bits per heavy atom. The van der Waals surface area contributed by atoms with Crippen molar-refractivity contribution in [1.82, 2.24) is 9.55 Å². The maximum atomic E-state index is 12.0. The van der Waals surface area contributed by atoms with Crippen LogP contribution in [0.25, 0.3) is 11.0 Å². The summed E-state index contributed by atoms with van der Waals surface area (Å²) in [5, 5.41) is 9.25. The van der Waals surface area contributed by atoms with Gasteiger partial charge in [0.25, 0.3) is 0 Å². The number of para-hydroxylation sites is 1. The molecule has 0 fully saturated rings. The van der Waals surface area contributed by atoms with Crippen molar-refractivity contribution in [2.75, 3.05) is 13.7 Å². The van der Waals surface area contributed by atoms with Crippen LogP contribution in [0.2, 0.25) is 0 Å². The van der Waals surface area contributed by atoms with Crippen LogP contribution in [0.4, 0.5) is 0 Å². The molecule has 0 amide bonds. The van der Waals surface area contributed by atoms with E-state index >= 15 is 0 Å². The highest BCUT2D eigenvalue weighted by atomic mass is 16.5. The van der Waals surface area contributed by atoms with Crippen molar-refractivity contribution in [2.45, 2.75) is 19.4 Å². The lowest BCUT2D eigenvalue weighted by atomic mass is 10.1. The molecule has 0 spiro atoms. The topological polar surface area (TPSA) is 101 Å². The molecule has 0 saturated carbocycles. The monoisotopic (exact) mass is 292 g/mol. The van der Waals surface area contributed by atoms with Crippen LogP contribution in [0, 0.1) is 0 Å². The summed E-state index contributed by atoms with van der Waals surface area (Å²) in [6.45, 7) is 0.814. The van der Waals surface area contributed by atoms with Gasteiger partial charge in [-0.2, -0.15) is 0 Å². The van der Waals surface area contributed by atoms with Gasteiger partial charge >= 0.3 is 17.1 Å². The number of aromatic amines is 1. The summed E-state index contributed by atoms with van der Waals surface area (Å²) in [6.07, 6.45) is 1.33. The number of aromatic carboxylic acids is 1. The van der Waals surface area contributed by atoms with Gasteiger partial charge in [-0.25, -0.2) is 4.79 Å². The molecule has 0 unspecified atom stereocenters. The molecule has 0 bridgehead atoms. The SMILES string of the molecule is COCCCCn1c(=O)c(=O)[nH]c2cccc(C(=O)O)c21. The molecule has 1 aromatic heterocycles. The van der Waals surface area contributed by atoms with E-state index in [1.807, 2.05) is 0 Å². The standard InChI is InChI=1S/C14H16N2O5/c1-21-8-3-2-7-16-11-9(14(19)20)5-4-6-10(11)15-12(17)13(16)18/h4-6H,2-3,7-8H2,1H3,(H,15,17)(H,19,20). The first-order valence-electron chi connectivity index (χ1n) is 6.54. The van der Waals surface area contributed by atoms with E-state index in [1.165, 1.54) is 16.7 Å². The van der Waals surface area contributed by atoms with Gasteiger partial charge in [0.05, 0.1) is 16.6 Å². The van der Waals surface area contributed by atoms with Gasteiger partial charge in [0, 0.05) is 20.3 Å². The summed E-state index contributed by atoms with van der Waals surface area (Å²) in [5.41, 5.74) is -0.920. The summed E-state index contributed by atoms with van der Waals surface area (Å²) < 4.78 is 6.16. The third kappa shape index (κ3) is 3.03. The number of unbranched alkanes of at least 4 members (excludes halogenated alkanes) is 1. The number of carboxylic acids is 1. The van der Waals surface area contributed by atoms with Crippen LogP contribution in [0.15, 0.2) is 27.8 Å². The third-order valence-corrected chi connectivity index (χ3v) is 3.20. The lowest BCUT2D eigenvalue weighted by Gasteiger charge is -2.11. The number of ether oxygens (including phenoxy) is 1. The Balaban J connectivity index is 2.59. The first-order chi connectivity index (χ1) is 10.1. The van der Waals surface area contributed by atoms with Crippen molar-refractivity contribution in [3.63, 3.8) is 0 Å². The fourth-order valence-corrected chi connectivity index (χ4v) is 2.24. The number of hydrogen-bond acceptors (Lipinski definition) is 4. The minimum absolute atomic E-state index is 0.00686. The molecule has 1 heterocycles. The minimum Gasteiger partial charge on any atom is -0.478 e. The fraction of sp³-hybridized carbons (Fsp3) is 0.357. The Morgan fingerprint density at radius 1 is 1.33 bits per heavy atom. The van der Waals surface area contributed by atoms with E-state index in [0.29, 0.717) is 25.0 Å². The zero-order valence-corrected chi connectivity index (χ0v) is 11.6. The smallest absolute Gasteiger partial charge is 0.337 e. The third-order valence-electron chi connectivity index (χ3n) is 3.20. The first kappa shape index (κ1) is 15.0. The van der Waals surface area contributed by atoms with Crippen molar-refractivity contribution < 1.29 is 14.6 Å². The van der Waals surface area contributed by atoms with Gasteiger partial charge in [-0.05, 0) is 25.0 Å². The molecule has 21 heavy (non-hydrogen) atoms. The second kappa shape index (κ2) is 6.36. The van der Waals surface area contributed by atoms with Crippen molar-refractivity contribution in [1.29, 1.82) is 0 Å². The molecule has 2 aromatic rings. The Bertz CT molecular complexity index is 775. The van der Waals surface area contributed by atoms with Crippen molar-refractivity contribution in [3.05, 3.63) is 44.5 Å². The Kier molecular flexibility index (Phi) is 4.54. The number of aryl methyl sites for hydroxylation is 1. The lowest BCUT2D eigenvalue weighted by Crippen LogP contribution is -2.37. The Morgan fingerprint density at radius 2 is 2.10 bits per heavy atom. The number of methoxy groups -OCH3 is 1. The van der Waals surface area contributed by atoms with E-state index in [0.717, 1.165) is 0 Å². The van der Waals surface area contributed by atoms with Crippen molar-refractivity contribution >= 4 is 17.0 Å². The average Bonchev–Trinajstić information content (AvgIpc) is 2.46. The summed E-state index contributed by atoms with van der Waals surface area (Å²) in [5.74, 6) is -1.14. The summed E-state index contributed by atoms with van der Waals surface area (Å²) >= 11 is 0. The normalized spacial score (nSPS) is 10.9. The van der Waals surface area contributed by atoms with E-state index in [2.05, 4.69) is 4.98 Å². The van der Waals surface area contributed by atoms with Crippen LogP contribution in [-0.2, 0) is 11.3 Å². The molecule has 0 aliphatic carbocycles. The zero-order chi connectivity index (χ0) is 15.4. The van der Waals surface area contributed by atoms with Crippen LogP contribution in [-0.4, -0.2) is 34.3 Å². The van der Waals surface area contributed by atoms with Crippen molar-refractivity contribution in [3.8, 4) is 0 Å². The molecule has 1 aromatic carbocycles. The van der Waals surface area contributed by atoms with E-state index in [9.17, 15) is 19.5 Å². The second-order valence-electron chi connectivity index (χ2n) is 4.62. The van der Waals surface area contributed by atoms with E-state index in [-0.39, 0.29) is 17.6 Å². The molecular weight excluding hydrogens is 276 g/mol. The molecule has 7 nitrogen and oxygen atoms in total. The predicted octanol–water partition coefficient (Wildman–Crippen LogP) is 0.815. The number of carbonyl (C=O) groups is 1. The number of aromatic nitrogens is 2. The van der Waals surface area contributed by atoms with E-state index < -0.39 is 17.1 Å². The number of hydrogen-bond donors (Lipinski definition) is 2. The molecule has 0 aliphatic rings. The Hall–Kier alpha value is -2.41. The molecule has 0 aliphatic heterocycles. The Labute approximate surface area is 119 Å². The summed E-state index contributed by atoms with van der Waals surface area (Å²) in [6, 6.07) is 4.52. The van der Waals surface area contributed by atoms with Gasteiger partial charge in [-0.3, -0.25) is 9.59 Å². The average molecular weight is 292 g/mol. The van der Waals surface area contributed by atoms with Crippen LogP contribution >= 0.6 is 0 Å². The number of rotatable bonds is 6. The van der Waals surface area contributed by atoms with Crippen LogP contribution in [0.5, 0.6) is 0 Å². The van der Waals surface area contributed by atoms with Crippen LogP contribution in [0.1, 0.15) is 23.2 Å². The van der Waals surface area contributed by atoms with Crippen molar-refractivity contribution in [2.24, 2.45) is 0 Å². The van der Waals surface area contributed by atoms with E-state index in [1.54, 1.807) is 13.2 Å². The van der Waals surface area contributed by atoms with Crippen LogP contribution < -0.4 is 11.1 Å². The van der Waals surface area contributed by atoms with Gasteiger partial charge in [0.1, 0.15) is 0 Å². The molecule has 0 atom stereocenters. The van der Waals surface area contributed by atoms with Gasteiger partial charge in [-0.1, -0.05) is 6.07 Å². The number of H-pyrrole nitrogens is 1. The van der Waals surface area contributed by atoms with Gasteiger partial charge in [0.15, 0.2) is 0 Å². The molecule has 7 heteroatoms. The molecule has 2 N–H and O–H groups in total. The zero-order valence-electron chi connectivity index (χ0n) is 11.6. The molecule has 112 valence electrons. The molecule has 2 rings (SSSR count). The fourth-order valence-electron chi connectivity index (χ4n) is 2.24. The molecular formula is C14H16N2O5. The number of nitrogens with one attached hydrogen (secondary N) is 1. The second-order valence-corrected chi connectivity index (χ2v) is 4.62. The van der Waals surface area contributed by atoms with Gasteiger partial charge in [-0.15, -0.1) is 0 Å². The summed E-state index contributed by atoms with van der Waals surface area (Å²) in [4.78, 5) is 37.4. The maximum absolute atomic E-state index is 12.0. The quantitative estimate of drug-likeness (QED) is 0.606. The lowest BCUT2D eigenvalue weighted by molar-refractivity contribution is 0.0698. The minimum atomic E-state index is -1.14. The highest BCUT2D eigenvalue weighted by Crippen LogP contribution is 2.15. The first-order valence-corrected chi connectivity index (χ1v) is 6.54. The van der Waals surface area contributed by atoms with Gasteiger partial charge < -0.3 is 19.4 Å². The van der Waals surface area contributed by atoms with Crippen LogP contribution in [0.3, 0.4) is 0 Å². The molecule has 0 saturated heterocycles. The van der Waals surface area contributed by atoms with Gasteiger partial charge in [0.2, 0.25) is 0 Å². The highest BCUT2D eigenvalue weighted by molar-refractivity contribution is 6.00.